The molecule has 0 bridgehead atoms. The number of halogens is 1. The Morgan fingerprint density at radius 2 is 2.10 bits per heavy atom. The number of hydrogen-bond acceptors (Lipinski definition) is 2. The SMILES string of the molecule is CCCC1NC(=O)CCN(c2cc(C)cc(F)c2)C1=O. The summed E-state index contributed by atoms with van der Waals surface area (Å²) in [6, 6.07) is 4.00. The molecule has 0 spiro atoms. The van der Waals surface area contributed by atoms with Crippen LogP contribution < -0.4 is 10.2 Å². The highest BCUT2D eigenvalue weighted by Gasteiger charge is 2.30. The number of carbonyl (C=O) groups excluding carboxylic acids is 2. The molecular weight excluding hydrogens is 259 g/mol. The molecular formula is C15H19FN2O2. The number of aryl methyl sites for hydroxylation is 1. The first-order chi connectivity index (χ1) is 9.51. The number of hydrogen-bond donors (Lipinski definition) is 1. The molecule has 2 amide bonds. The number of carbonyl (C=O) groups is 2. The smallest absolute Gasteiger partial charge is 0.249 e. The molecule has 1 aliphatic heterocycles. The van der Waals surface area contributed by atoms with Gasteiger partial charge in [-0.3, -0.25) is 9.59 Å². The molecule has 0 aromatic heterocycles. The van der Waals surface area contributed by atoms with Gasteiger partial charge < -0.3 is 10.2 Å². The summed E-state index contributed by atoms with van der Waals surface area (Å²) in [6.07, 6.45) is 1.63. The Morgan fingerprint density at radius 1 is 1.35 bits per heavy atom. The minimum absolute atomic E-state index is 0.132. The largest absolute Gasteiger partial charge is 0.344 e. The maximum atomic E-state index is 13.5. The van der Waals surface area contributed by atoms with Crippen LogP contribution in [0.3, 0.4) is 0 Å². The molecule has 1 heterocycles. The number of nitrogens with zero attached hydrogens (tertiary/aromatic N) is 1. The number of rotatable bonds is 3. The molecule has 0 aliphatic carbocycles. The van der Waals surface area contributed by atoms with E-state index in [4.69, 9.17) is 0 Å². The van der Waals surface area contributed by atoms with Crippen molar-refractivity contribution in [3.05, 3.63) is 29.6 Å². The summed E-state index contributed by atoms with van der Waals surface area (Å²) in [7, 11) is 0. The Morgan fingerprint density at radius 3 is 2.75 bits per heavy atom. The van der Waals surface area contributed by atoms with Crippen LogP contribution in [0.15, 0.2) is 18.2 Å². The number of amides is 2. The van der Waals surface area contributed by atoms with Gasteiger partial charge in [-0.1, -0.05) is 13.3 Å². The predicted octanol–water partition coefficient (Wildman–Crippen LogP) is 2.16. The second-order valence-electron chi connectivity index (χ2n) is 5.14. The number of benzene rings is 1. The van der Waals surface area contributed by atoms with Crippen LogP contribution in [0.2, 0.25) is 0 Å². The molecule has 1 aromatic rings. The van der Waals surface area contributed by atoms with Gasteiger partial charge in [0.2, 0.25) is 11.8 Å². The van der Waals surface area contributed by atoms with Gasteiger partial charge in [0, 0.05) is 18.7 Å². The maximum Gasteiger partial charge on any atom is 0.249 e. The molecule has 4 nitrogen and oxygen atoms in total. The van der Waals surface area contributed by atoms with Gasteiger partial charge in [-0.2, -0.15) is 0 Å². The van der Waals surface area contributed by atoms with E-state index in [0.717, 1.165) is 12.0 Å². The van der Waals surface area contributed by atoms with Crippen molar-refractivity contribution < 1.29 is 14.0 Å². The monoisotopic (exact) mass is 278 g/mol. The van der Waals surface area contributed by atoms with E-state index >= 15 is 0 Å². The van der Waals surface area contributed by atoms with Crippen molar-refractivity contribution in [3.63, 3.8) is 0 Å². The molecule has 0 saturated carbocycles. The first-order valence-electron chi connectivity index (χ1n) is 6.89. The van der Waals surface area contributed by atoms with E-state index in [1.54, 1.807) is 13.0 Å². The highest BCUT2D eigenvalue weighted by atomic mass is 19.1. The Bertz CT molecular complexity index is 510. The highest BCUT2D eigenvalue weighted by molar-refractivity contribution is 6.01. The molecule has 1 N–H and O–H groups in total. The molecule has 108 valence electrons. The molecule has 1 unspecified atom stereocenters. The Hall–Kier alpha value is -1.91. The van der Waals surface area contributed by atoms with E-state index in [-0.39, 0.29) is 30.6 Å². The van der Waals surface area contributed by atoms with E-state index in [0.29, 0.717) is 12.1 Å². The first-order valence-corrected chi connectivity index (χ1v) is 6.89. The Kier molecular flexibility index (Phi) is 4.37. The minimum Gasteiger partial charge on any atom is -0.344 e. The lowest BCUT2D eigenvalue weighted by Gasteiger charge is -2.24. The second kappa shape index (κ2) is 6.03. The zero-order valence-corrected chi connectivity index (χ0v) is 11.8. The van der Waals surface area contributed by atoms with Crippen molar-refractivity contribution >= 4 is 17.5 Å². The molecule has 0 radical (unpaired) electrons. The van der Waals surface area contributed by atoms with Crippen molar-refractivity contribution in [1.82, 2.24) is 5.32 Å². The van der Waals surface area contributed by atoms with E-state index in [1.165, 1.54) is 17.0 Å². The van der Waals surface area contributed by atoms with Gasteiger partial charge in [-0.15, -0.1) is 0 Å². The van der Waals surface area contributed by atoms with Gasteiger partial charge in [-0.05, 0) is 37.1 Å². The average Bonchev–Trinajstić information content (AvgIpc) is 2.49. The zero-order valence-electron chi connectivity index (χ0n) is 11.8. The zero-order chi connectivity index (χ0) is 14.7. The predicted molar refractivity (Wildman–Crippen MR) is 74.9 cm³/mol. The minimum atomic E-state index is -0.515. The Balaban J connectivity index is 2.33. The summed E-state index contributed by atoms with van der Waals surface area (Å²) in [6.45, 7) is 4.02. The van der Waals surface area contributed by atoms with E-state index in [2.05, 4.69) is 5.32 Å². The summed E-state index contributed by atoms with van der Waals surface area (Å²) >= 11 is 0. The van der Waals surface area contributed by atoms with E-state index in [1.807, 2.05) is 6.92 Å². The van der Waals surface area contributed by atoms with Gasteiger partial charge in [-0.25, -0.2) is 4.39 Å². The second-order valence-corrected chi connectivity index (χ2v) is 5.14. The van der Waals surface area contributed by atoms with Gasteiger partial charge in [0.05, 0.1) is 0 Å². The summed E-state index contributed by atoms with van der Waals surface area (Å²) in [5.41, 5.74) is 1.27. The molecule has 20 heavy (non-hydrogen) atoms. The number of anilines is 1. The van der Waals surface area contributed by atoms with Crippen molar-refractivity contribution in [3.8, 4) is 0 Å². The topological polar surface area (TPSA) is 49.4 Å². The van der Waals surface area contributed by atoms with Crippen molar-refractivity contribution in [2.75, 3.05) is 11.4 Å². The van der Waals surface area contributed by atoms with Crippen LogP contribution in [-0.2, 0) is 9.59 Å². The highest BCUT2D eigenvalue weighted by Crippen LogP contribution is 2.21. The molecule has 5 heteroatoms. The molecule has 1 saturated heterocycles. The van der Waals surface area contributed by atoms with Crippen LogP contribution in [-0.4, -0.2) is 24.4 Å². The summed E-state index contributed by atoms with van der Waals surface area (Å²) < 4.78 is 13.5. The summed E-state index contributed by atoms with van der Waals surface area (Å²) in [5.74, 6) is -0.668. The fourth-order valence-electron chi connectivity index (χ4n) is 2.45. The molecule has 1 fully saturated rings. The molecule has 1 aromatic carbocycles. The van der Waals surface area contributed by atoms with Gasteiger partial charge >= 0.3 is 0 Å². The fraction of sp³-hybridized carbons (Fsp3) is 0.467. The van der Waals surface area contributed by atoms with Gasteiger partial charge in [0.1, 0.15) is 11.9 Å². The lowest BCUT2D eigenvalue weighted by atomic mass is 10.1. The van der Waals surface area contributed by atoms with Crippen molar-refractivity contribution in [2.45, 2.75) is 39.2 Å². The van der Waals surface area contributed by atoms with E-state index < -0.39 is 6.04 Å². The molecule has 1 aliphatic rings. The van der Waals surface area contributed by atoms with Crippen LogP contribution in [0, 0.1) is 12.7 Å². The summed E-state index contributed by atoms with van der Waals surface area (Å²) in [5, 5.41) is 2.73. The van der Waals surface area contributed by atoms with Gasteiger partial charge in [0.15, 0.2) is 0 Å². The standard InChI is InChI=1S/C15H19FN2O2/c1-3-4-13-15(20)18(6-5-14(19)17-13)12-8-10(2)7-11(16)9-12/h7-9,13H,3-6H2,1-2H3,(H,17,19). The third kappa shape index (κ3) is 3.15. The van der Waals surface area contributed by atoms with Crippen LogP contribution in [0.1, 0.15) is 31.7 Å². The Labute approximate surface area is 118 Å². The van der Waals surface area contributed by atoms with Crippen molar-refractivity contribution in [1.29, 1.82) is 0 Å². The lowest BCUT2D eigenvalue weighted by molar-refractivity contribution is -0.125. The van der Waals surface area contributed by atoms with E-state index in [9.17, 15) is 14.0 Å². The third-order valence-corrected chi connectivity index (χ3v) is 3.38. The lowest BCUT2D eigenvalue weighted by Crippen LogP contribution is -2.44. The van der Waals surface area contributed by atoms with Gasteiger partial charge in [0.25, 0.3) is 0 Å². The molecule has 1 atom stereocenters. The third-order valence-electron chi connectivity index (χ3n) is 3.38. The first kappa shape index (κ1) is 14.5. The normalized spacial score (nSPS) is 19.8. The van der Waals surface area contributed by atoms with Crippen LogP contribution in [0.4, 0.5) is 10.1 Å². The maximum absolute atomic E-state index is 13.5. The fourth-order valence-corrected chi connectivity index (χ4v) is 2.45. The molecule has 2 rings (SSSR count). The quantitative estimate of drug-likeness (QED) is 0.921. The number of nitrogens with one attached hydrogen (secondary N) is 1. The van der Waals surface area contributed by atoms with Crippen LogP contribution in [0.25, 0.3) is 0 Å². The van der Waals surface area contributed by atoms with Crippen LogP contribution >= 0.6 is 0 Å². The van der Waals surface area contributed by atoms with Crippen molar-refractivity contribution in [2.24, 2.45) is 0 Å². The van der Waals surface area contributed by atoms with Crippen LogP contribution in [0.5, 0.6) is 0 Å². The summed E-state index contributed by atoms with van der Waals surface area (Å²) in [4.78, 5) is 25.7. The average molecular weight is 278 g/mol.